The highest BCUT2D eigenvalue weighted by Gasteiger charge is 2.41. The number of amides is 4. The van der Waals surface area contributed by atoms with Crippen molar-refractivity contribution in [3.63, 3.8) is 0 Å². The van der Waals surface area contributed by atoms with Gasteiger partial charge in [-0.1, -0.05) is 64.7 Å². The van der Waals surface area contributed by atoms with Gasteiger partial charge in [-0.15, -0.1) is 0 Å². The van der Waals surface area contributed by atoms with Crippen molar-refractivity contribution in [2.45, 2.75) is 141 Å². The lowest BCUT2D eigenvalue weighted by Crippen LogP contribution is -2.58. The maximum absolute atomic E-state index is 13.3. The van der Waals surface area contributed by atoms with Crippen LogP contribution in [-0.4, -0.2) is 77.5 Å². The standard InChI is InChI=1S/C30H58N8O7/c1-5-30(4,22(39)16-14-12-10-8-6-7-9-11-13-15-17-36-29(34)35)28(44)38-24(25(33)41)20(3)45-27(43)19(2)37-26(42)21(31)18-23(32)40/h19-22,24,39H,5-18,31H2,1-4H3,(H2,32,40)(H2,33,41)(H,37,42)(H,38,44)(H4,34,35,36). The van der Waals surface area contributed by atoms with Crippen LogP contribution in [0.3, 0.4) is 0 Å². The van der Waals surface area contributed by atoms with E-state index in [4.69, 9.17) is 33.1 Å². The summed E-state index contributed by atoms with van der Waals surface area (Å²) in [6.07, 6.45) is 8.71. The molecule has 0 bridgehead atoms. The molecule has 0 radical (unpaired) electrons. The molecule has 0 saturated carbocycles. The zero-order chi connectivity index (χ0) is 34.6. The Hall–Kier alpha value is -3.46. The Morgan fingerprint density at radius 1 is 0.867 bits per heavy atom. The third kappa shape index (κ3) is 17.0. The molecule has 0 saturated heterocycles. The molecule has 0 fully saturated rings. The molecule has 0 aromatic rings. The maximum atomic E-state index is 13.3. The van der Waals surface area contributed by atoms with Crippen LogP contribution in [0.1, 0.15) is 111 Å². The number of aliphatic hydroxyl groups is 1. The van der Waals surface area contributed by atoms with Gasteiger partial charge in [0.05, 0.1) is 24.0 Å². The summed E-state index contributed by atoms with van der Waals surface area (Å²) in [5, 5.41) is 25.7. The number of ether oxygens (including phenoxy) is 1. The fraction of sp³-hybridized carbons (Fsp3) is 0.800. The van der Waals surface area contributed by atoms with Gasteiger partial charge in [-0.05, 0) is 40.0 Å². The molecular weight excluding hydrogens is 584 g/mol. The molecule has 0 aromatic heterocycles. The molecular formula is C30H58N8O7. The van der Waals surface area contributed by atoms with Gasteiger partial charge in [0.15, 0.2) is 5.96 Å². The highest BCUT2D eigenvalue weighted by Crippen LogP contribution is 2.30. The smallest absolute Gasteiger partial charge is 0.328 e. The average molecular weight is 643 g/mol. The van der Waals surface area contributed by atoms with Gasteiger partial charge < -0.3 is 48.7 Å². The van der Waals surface area contributed by atoms with Crippen molar-refractivity contribution in [1.82, 2.24) is 16.0 Å². The first-order valence-corrected chi connectivity index (χ1v) is 16.0. The molecule has 4 amide bonds. The van der Waals surface area contributed by atoms with Crippen LogP contribution in [0.2, 0.25) is 0 Å². The second-order valence-electron chi connectivity index (χ2n) is 12.0. The van der Waals surface area contributed by atoms with Crippen LogP contribution in [0.4, 0.5) is 0 Å². The summed E-state index contributed by atoms with van der Waals surface area (Å²) >= 11 is 0. The first kappa shape index (κ1) is 41.5. The lowest BCUT2D eigenvalue weighted by atomic mass is 9.78. The van der Waals surface area contributed by atoms with E-state index in [1.165, 1.54) is 26.7 Å². The third-order valence-electron chi connectivity index (χ3n) is 8.04. The summed E-state index contributed by atoms with van der Waals surface area (Å²) in [6.45, 7) is 6.81. The van der Waals surface area contributed by atoms with Gasteiger partial charge in [-0.2, -0.15) is 0 Å². The number of nitrogens with two attached hydrogens (primary N) is 4. The lowest BCUT2D eigenvalue weighted by Gasteiger charge is -2.34. The largest absolute Gasteiger partial charge is 0.458 e. The lowest BCUT2D eigenvalue weighted by molar-refractivity contribution is -0.156. The molecule has 0 aliphatic carbocycles. The van der Waals surface area contributed by atoms with Crippen LogP contribution < -0.4 is 38.9 Å². The van der Waals surface area contributed by atoms with E-state index >= 15 is 0 Å². The fourth-order valence-electron chi connectivity index (χ4n) is 4.73. The monoisotopic (exact) mass is 642 g/mol. The van der Waals surface area contributed by atoms with Gasteiger partial charge in [0, 0.05) is 6.54 Å². The number of carbonyl (C=O) groups excluding carboxylic acids is 5. The number of carbonyl (C=O) groups is 5. The van der Waals surface area contributed by atoms with Crippen molar-refractivity contribution in [1.29, 1.82) is 5.41 Å². The van der Waals surface area contributed by atoms with Crippen molar-refractivity contribution in [3.05, 3.63) is 0 Å². The number of primary amides is 2. The summed E-state index contributed by atoms with van der Waals surface area (Å²) in [7, 11) is 0. The molecule has 0 spiro atoms. The average Bonchev–Trinajstić information content (AvgIpc) is 2.96. The Balaban J connectivity index is 4.69. The van der Waals surface area contributed by atoms with Gasteiger partial charge in [0.1, 0.15) is 18.2 Å². The van der Waals surface area contributed by atoms with E-state index in [0.717, 1.165) is 57.9 Å². The van der Waals surface area contributed by atoms with Gasteiger partial charge in [0.25, 0.3) is 0 Å². The van der Waals surface area contributed by atoms with Gasteiger partial charge in [0.2, 0.25) is 23.6 Å². The first-order chi connectivity index (χ1) is 21.1. The zero-order valence-corrected chi connectivity index (χ0v) is 27.5. The summed E-state index contributed by atoms with van der Waals surface area (Å²) in [5.41, 5.74) is 20.2. The number of hydrogen-bond acceptors (Lipinski definition) is 9. The van der Waals surface area contributed by atoms with Crippen LogP contribution in [0.25, 0.3) is 0 Å². The van der Waals surface area contributed by atoms with Gasteiger partial charge >= 0.3 is 5.97 Å². The Kier molecular flexibility index (Phi) is 20.4. The molecule has 0 aromatic carbocycles. The summed E-state index contributed by atoms with van der Waals surface area (Å²) in [5.74, 6) is -4.02. The summed E-state index contributed by atoms with van der Waals surface area (Å²) in [6, 6.07) is -3.82. The molecule has 0 aliphatic rings. The van der Waals surface area contributed by atoms with E-state index in [9.17, 15) is 29.1 Å². The minimum Gasteiger partial charge on any atom is -0.458 e. The highest BCUT2D eigenvalue weighted by molar-refractivity contribution is 5.92. The molecule has 15 heteroatoms. The molecule has 6 atom stereocenters. The second kappa shape index (κ2) is 22.1. The molecule has 45 heavy (non-hydrogen) atoms. The van der Waals surface area contributed by atoms with Crippen molar-refractivity contribution < 1.29 is 33.8 Å². The Morgan fingerprint density at radius 2 is 1.38 bits per heavy atom. The minimum atomic E-state index is -1.39. The van der Waals surface area contributed by atoms with E-state index in [0.29, 0.717) is 12.8 Å². The van der Waals surface area contributed by atoms with Crippen molar-refractivity contribution in [3.8, 4) is 0 Å². The number of unbranched alkanes of at least 4 members (excludes halogenated alkanes) is 9. The number of hydrogen-bond donors (Lipinski definition) is 9. The number of esters is 1. The first-order valence-electron chi connectivity index (χ1n) is 16.0. The predicted molar refractivity (Wildman–Crippen MR) is 171 cm³/mol. The van der Waals surface area contributed by atoms with Crippen molar-refractivity contribution >= 4 is 35.6 Å². The highest BCUT2D eigenvalue weighted by atomic mass is 16.5. The van der Waals surface area contributed by atoms with Crippen LogP contribution in [0, 0.1) is 10.8 Å². The van der Waals surface area contributed by atoms with Crippen LogP contribution in [-0.2, 0) is 28.7 Å². The third-order valence-corrected chi connectivity index (χ3v) is 8.04. The normalized spacial score (nSPS) is 15.8. The van der Waals surface area contributed by atoms with Gasteiger partial charge in [-0.3, -0.25) is 24.6 Å². The Labute approximate surface area is 267 Å². The summed E-state index contributed by atoms with van der Waals surface area (Å²) in [4.78, 5) is 61.1. The number of guanidine groups is 1. The molecule has 15 nitrogen and oxygen atoms in total. The van der Waals surface area contributed by atoms with E-state index in [1.54, 1.807) is 13.8 Å². The van der Waals surface area contributed by atoms with Crippen molar-refractivity contribution in [2.75, 3.05) is 6.54 Å². The molecule has 6 unspecified atom stereocenters. The van der Waals surface area contributed by atoms with E-state index in [2.05, 4.69) is 16.0 Å². The molecule has 260 valence electrons. The molecule has 0 rings (SSSR count). The number of rotatable bonds is 25. The fourth-order valence-corrected chi connectivity index (χ4v) is 4.73. The molecule has 0 aliphatic heterocycles. The predicted octanol–water partition coefficient (Wildman–Crippen LogP) is 0.147. The van der Waals surface area contributed by atoms with Gasteiger partial charge in [-0.25, -0.2) is 4.79 Å². The zero-order valence-electron chi connectivity index (χ0n) is 27.5. The van der Waals surface area contributed by atoms with E-state index in [-0.39, 0.29) is 5.96 Å². The maximum Gasteiger partial charge on any atom is 0.328 e. The quantitative estimate of drug-likeness (QED) is 0.0281. The number of nitrogens with one attached hydrogen (secondary N) is 4. The topological polar surface area (TPSA) is 279 Å². The van der Waals surface area contributed by atoms with Crippen LogP contribution in [0.5, 0.6) is 0 Å². The number of aliphatic hydroxyl groups excluding tert-OH is 1. The van der Waals surface area contributed by atoms with E-state index < -0.39 is 71.8 Å². The molecule has 0 heterocycles. The molecule has 13 N–H and O–H groups in total. The summed E-state index contributed by atoms with van der Waals surface area (Å²) < 4.78 is 5.28. The Morgan fingerprint density at radius 3 is 1.84 bits per heavy atom. The minimum absolute atomic E-state index is 0.0100. The van der Waals surface area contributed by atoms with Crippen molar-refractivity contribution in [2.24, 2.45) is 28.3 Å². The van der Waals surface area contributed by atoms with E-state index in [1.807, 2.05) is 0 Å². The SMILES string of the molecule is CCC(C)(C(=O)NC(C(N)=O)C(C)OC(=O)C(C)NC(=O)C(N)CC(N)=O)C(O)CCCCCCCCCCCCNC(=N)N. The van der Waals surface area contributed by atoms with Crippen LogP contribution in [0.15, 0.2) is 0 Å². The Bertz CT molecular complexity index is 967. The van der Waals surface area contributed by atoms with Crippen LogP contribution >= 0.6 is 0 Å². The second-order valence-corrected chi connectivity index (χ2v) is 12.0.